The molecule has 25 heavy (non-hydrogen) atoms. The smallest absolute Gasteiger partial charge is 0.271 e. The van der Waals surface area contributed by atoms with E-state index in [2.05, 4.69) is 31.5 Å². The van der Waals surface area contributed by atoms with Gasteiger partial charge in [0.15, 0.2) is 0 Å². The minimum absolute atomic E-state index is 0.0244. The summed E-state index contributed by atoms with van der Waals surface area (Å²) in [5, 5.41) is 0.946. The zero-order valence-electron chi connectivity index (χ0n) is 14.8. The first-order valence-corrected chi connectivity index (χ1v) is 9.30. The van der Waals surface area contributed by atoms with Gasteiger partial charge in [-0.2, -0.15) is 0 Å². The summed E-state index contributed by atoms with van der Waals surface area (Å²) in [6.07, 6.45) is 3.36. The van der Waals surface area contributed by atoms with Crippen molar-refractivity contribution in [3.05, 3.63) is 46.2 Å². The summed E-state index contributed by atoms with van der Waals surface area (Å²) in [6, 6.07) is 2.10. The van der Waals surface area contributed by atoms with E-state index in [9.17, 15) is 4.79 Å². The third-order valence-corrected chi connectivity index (χ3v) is 5.99. The van der Waals surface area contributed by atoms with Crippen molar-refractivity contribution in [2.24, 2.45) is 0 Å². The predicted molar refractivity (Wildman–Crippen MR) is 101 cm³/mol. The lowest BCUT2D eigenvalue weighted by atomic mass is 9.91. The topological polar surface area (TPSA) is 57.0 Å². The molecule has 0 N–H and O–H groups in total. The number of rotatable bonds is 3. The highest BCUT2D eigenvalue weighted by atomic mass is 32.1. The van der Waals surface area contributed by atoms with Crippen LogP contribution in [0.3, 0.4) is 0 Å². The molecule has 6 heteroatoms. The summed E-state index contributed by atoms with van der Waals surface area (Å²) in [5.74, 6) is 0. The van der Waals surface area contributed by atoms with Gasteiger partial charge in [0.2, 0.25) is 0 Å². The van der Waals surface area contributed by atoms with Crippen molar-refractivity contribution in [2.45, 2.75) is 52.4 Å². The molecule has 5 nitrogen and oxygen atoms in total. The van der Waals surface area contributed by atoms with E-state index in [4.69, 9.17) is 9.72 Å². The highest BCUT2D eigenvalue weighted by Crippen LogP contribution is 2.35. The number of hydrogen-bond acceptors (Lipinski definition) is 5. The molecule has 3 aromatic rings. The molecular formula is C19H21N3O2S. The number of nitrogens with zero attached hydrogens (tertiary/aromatic N) is 3. The summed E-state index contributed by atoms with van der Waals surface area (Å²) in [6.45, 7) is 11.1. The van der Waals surface area contributed by atoms with Crippen LogP contribution in [0, 0.1) is 0 Å². The number of allylic oxidation sites excluding steroid dienone is 1. The maximum atomic E-state index is 12.7. The maximum absolute atomic E-state index is 12.7. The molecule has 0 fully saturated rings. The molecule has 4 rings (SSSR count). The fourth-order valence-electron chi connectivity index (χ4n) is 3.24. The van der Waals surface area contributed by atoms with Crippen LogP contribution in [0.25, 0.3) is 20.4 Å². The largest absolute Gasteiger partial charge is 0.370 e. The van der Waals surface area contributed by atoms with Crippen molar-refractivity contribution in [3.8, 4) is 0 Å². The van der Waals surface area contributed by atoms with Crippen LogP contribution in [-0.2, 0) is 24.3 Å². The van der Waals surface area contributed by atoms with Gasteiger partial charge in [-0.1, -0.05) is 19.1 Å². The number of fused-ring (bicyclic) bond motifs is 4. The van der Waals surface area contributed by atoms with Crippen molar-refractivity contribution in [1.82, 2.24) is 14.5 Å². The normalized spacial score (nSPS) is 20.1. The summed E-state index contributed by atoms with van der Waals surface area (Å²) >= 11 is 1.43. The monoisotopic (exact) mass is 355 g/mol. The van der Waals surface area contributed by atoms with E-state index in [1.807, 2.05) is 6.92 Å². The van der Waals surface area contributed by atoms with Crippen molar-refractivity contribution >= 4 is 31.8 Å². The highest BCUT2D eigenvalue weighted by Gasteiger charge is 2.30. The van der Waals surface area contributed by atoms with Gasteiger partial charge in [0.1, 0.15) is 9.53 Å². The van der Waals surface area contributed by atoms with Crippen molar-refractivity contribution in [2.75, 3.05) is 0 Å². The second-order valence-corrected chi connectivity index (χ2v) is 8.13. The molecule has 0 unspecified atom stereocenters. The second-order valence-electron chi connectivity index (χ2n) is 7.13. The van der Waals surface area contributed by atoms with Crippen molar-refractivity contribution < 1.29 is 4.74 Å². The maximum Gasteiger partial charge on any atom is 0.271 e. The number of aromatic nitrogens is 3. The quantitative estimate of drug-likeness (QED) is 0.670. The summed E-state index contributed by atoms with van der Waals surface area (Å²) in [7, 11) is 0. The van der Waals surface area contributed by atoms with Crippen LogP contribution in [0.1, 0.15) is 38.4 Å². The Morgan fingerprint density at radius 1 is 1.52 bits per heavy atom. The highest BCUT2D eigenvalue weighted by molar-refractivity contribution is 7.25. The van der Waals surface area contributed by atoms with Crippen LogP contribution in [0.2, 0.25) is 0 Å². The van der Waals surface area contributed by atoms with Gasteiger partial charge in [-0.25, -0.2) is 9.97 Å². The van der Waals surface area contributed by atoms with Crippen LogP contribution in [0.5, 0.6) is 0 Å². The SMILES string of the molecule is C=C(C)Cn1cnc2c(sc3nc4c(cc32)CO[C@@](C)(CC)C4)c1=O. The van der Waals surface area contributed by atoms with E-state index in [1.54, 1.807) is 10.9 Å². The van der Waals surface area contributed by atoms with Crippen LogP contribution in [-0.4, -0.2) is 20.1 Å². The zero-order valence-corrected chi connectivity index (χ0v) is 15.6. The average molecular weight is 355 g/mol. The molecule has 0 radical (unpaired) electrons. The number of pyridine rings is 1. The predicted octanol–water partition coefficient (Wildman–Crippen LogP) is 3.82. The summed E-state index contributed by atoms with van der Waals surface area (Å²) in [5.41, 5.74) is 3.67. The Morgan fingerprint density at radius 2 is 2.32 bits per heavy atom. The van der Waals surface area contributed by atoms with Gasteiger partial charge >= 0.3 is 0 Å². The molecule has 0 bridgehead atoms. The third kappa shape index (κ3) is 2.69. The van der Waals surface area contributed by atoms with Gasteiger partial charge in [-0.05, 0) is 26.3 Å². The Balaban J connectivity index is 1.90. The standard InChI is InChI=1S/C19H21N3O2S/c1-5-19(4)7-14-12(9-24-19)6-13-15-16(25-17(13)21-14)18(23)22(10-20-15)8-11(2)3/h6,10H,2,5,7-9H2,1,3-4H3/t19-/m0/s1. The molecule has 0 aromatic carbocycles. The Kier molecular flexibility index (Phi) is 3.77. The molecule has 4 heterocycles. The van der Waals surface area contributed by atoms with E-state index in [1.165, 1.54) is 11.3 Å². The molecule has 0 saturated heterocycles. The Hall–Kier alpha value is -2.05. The van der Waals surface area contributed by atoms with Crippen LogP contribution >= 0.6 is 11.3 Å². The lowest BCUT2D eigenvalue weighted by molar-refractivity contribution is -0.0573. The van der Waals surface area contributed by atoms with Gasteiger partial charge in [0.05, 0.1) is 29.7 Å². The van der Waals surface area contributed by atoms with E-state index < -0.39 is 0 Å². The first kappa shape index (κ1) is 16.4. The van der Waals surface area contributed by atoms with Crippen LogP contribution in [0.4, 0.5) is 0 Å². The second kappa shape index (κ2) is 5.75. The van der Waals surface area contributed by atoms with E-state index in [0.29, 0.717) is 17.9 Å². The molecule has 0 saturated carbocycles. The van der Waals surface area contributed by atoms with E-state index >= 15 is 0 Å². The molecule has 1 aliphatic rings. The first-order chi connectivity index (χ1) is 11.9. The number of ether oxygens (including phenoxy) is 1. The fraction of sp³-hybridized carbons (Fsp3) is 0.421. The van der Waals surface area contributed by atoms with Crippen LogP contribution < -0.4 is 5.56 Å². The Bertz CT molecular complexity index is 1070. The van der Waals surface area contributed by atoms with Gasteiger partial charge in [0, 0.05) is 23.9 Å². The molecule has 0 amide bonds. The number of hydrogen-bond donors (Lipinski definition) is 0. The van der Waals surface area contributed by atoms with Gasteiger partial charge in [-0.3, -0.25) is 9.36 Å². The lowest BCUT2D eigenvalue weighted by Crippen LogP contribution is -2.35. The average Bonchev–Trinajstić information content (AvgIpc) is 2.93. The van der Waals surface area contributed by atoms with E-state index in [-0.39, 0.29) is 11.2 Å². The van der Waals surface area contributed by atoms with Gasteiger partial charge < -0.3 is 4.74 Å². The molecule has 130 valence electrons. The van der Waals surface area contributed by atoms with Gasteiger partial charge in [-0.15, -0.1) is 11.3 Å². The molecular weight excluding hydrogens is 334 g/mol. The first-order valence-electron chi connectivity index (χ1n) is 8.49. The minimum Gasteiger partial charge on any atom is -0.370 e. The van der Waals surface area contributed by atoms with Crippen molar-refractivity contribution in [3.63, 3.8) is 0 Å². The van der Waals surface area contributed by atoms with Gasteiger partial charge in [0.25, 0.3) is 5.56 Å². The number of thiophene rings is 1. The summed E-state index contributed by atoms with van der Waals surface area (Å²) < 4.78 is 8.30. The summed E-state index contributed by atoms with van der Waals surface area (Å²) in [4.78, 5) is 23.0. The molecule has 3 aromatic heterocycles. The molecule has 0 spiro atoms. The Labute approximate surface area is 150 Å². The fourth-order valence-corrected chi connectivity index (χ4v) is 4.32. The van der Waals surface area contributed by atoms with E-state index in [0.717, 1.165) is 45.4 Å². The molecule has 1 atom stereocenters. The molecule has 0 aliphatic carbocycles. The third-order valence-electron chi connectivity index (χ3n) is 4.91. The minimum atomic E-state index is -0.156. The van der Waals surface area contributed by atoms with Crippen molar-refractivity contribution in [1.29, 1.82) is 0 Å². The zero-order chi connectivity index (χ0) is 17.8. The lowest BCUT2D eigenvalue weighted by Gasteiger charge is -2.33. The van der Waals surface area contributed by atoms with Crippen LogP contribution in [0.15, 0.2) is 29.3 Å². The Morgan fingerprint density at radius 3 is 3.04 bits per heavy atom. The molecule has 1 aliphatic heterocycles.